The molecule has 1 aliphatic rings. The number of rotatable bonds is 7. The third-order valence-electron chi connectivity index (χ3n) is 7.67. The summed E-state index contributed by atoms with van der Waals surface area (Å²) in [6.07, 6.45) is -1.97. The molecule has 0 spiro atoms. The maximum atomic E-state index is 13.0. The average Bonchev–Trinajstić information content (AvgIpc) is 3.36. The highest BCUT2D eigenvalue weighted by Gasteiger charge is 2.64. The number of aromatic nitrogens is 3. The summed E-state index contributed by atoms with van der Waals surface area (Å²) in [7, 11) is -4.90. The molecule has 2 atom stereocenters. The van der Waals surface area contributed by atoms with Gasteiger partial charge in [-0.1, -0.05) is 19.9 Å². The molecule has 212 valence electrons. The van der Waals surface area contributed by atoms with Crippen LogP contribution in [-0.4, -0.2) is 40.3 Å². The molecule has 0 radical (unpaired) electrons. The largest absolute Gasteiger partial charge is 0.433 e. The van der Waals surface area contributed by atoms with E-state index in [2.05, 4.69) is 20.3 Å². The summed E-state index contributed by atoms with van der Waals surface area (Å²) in [5.74, 6) is -0.212. The number of halogens is 3. The number of anilines is 2. The standard InChI is InChI=1S/C25H30F3N4O5PS/c1-4-22(5-2)14-23(33,7-8-24(22,34)38(35,36)37)20-30-13-18(39-20)16-10-15(3)11-17(12-16)31-21-29-9-6-19(32-21)25(26,27)28/h6,9-13,33-34H,4-5,7-8,14H2,1-3H3,(H,29,31,32)(H2,35,36,37). The van der Waals surface area contributed by atoms with Gasteiger partial charge in [0.05, 0.1) is 4.88 Å². The number of thiazole rings is 1. The molecule has 5 N–H and O–H groups in total. The minimum atomic E-state index is -4.90. The van der Waals surface area contributed by atoms with Crippen molar-refractivity contribution in [1.82, 2.24) is 15.0 Å². The highest BCUT2D eigenvalue weighted by atomic mass is 32.1. The molecule has 0 bridgehead atoms. The summed E-state index contributed by atoms with van der Waals surface area (Å²) < 4.78 is 51.4. The van der Waals surface area contributed by atoms with E-state index in [1.165, 1.54) is 11.3 Å². The molecule has 1 aromatic carbocycles. The molecule has 0 amide bonds. The summed E-state index contributed by atoms with van der Waals surface area (Å²) in [6, 6.07) is 6.07. The number of aryl methyl sites for hydroxylation is 1. The van der Waals surface area contributed by atoms with Crippen molar-refractivity contribution >= 4 is 30.6 Å². The summed E-state index contributed by atoms with van der Waals surface area (Å²) in [5, 5.41) is 23.7. The zero-order valence-corrected chi connectivity index (χ0v) is 23.2. The van der Waals surface area contributed by atoms with Crippen LogP contribution in [0.4, 0.5) is 24.8 Å². The molecule has 1 fully saturated rings. The highest BCUT2D eigenvalue weighted by Crippen LogP contribution is 2.68. The number of alkyl halides is 3. The number of nitrogens with one attached hydrogen (secondary N) is 1. The number of hydrogen-bond acceptors (Lipinski definition) is 8. The van der Waals surface area contributed by atoms with Gasteiger partial charge in [-0.25, -0.2) is 15.0 Å². The third-order valence-corrected chi connectivity index (χ3v) is 10.6. The molecule has 0 aliphatic heterocycles. The molecule has 3 aromatic rings. The normalized spacial score (nSPS) is 23.5. The fourth-order valence-corrected chi connectivity index (χ4v) is 7.90. The van der Waals surface area contributed by atoms with Crippen LogP contribution in [0.2, 0.25) is 0 Å². The Labute approximate surface area is 227 Å². The van der Waals surface area contributed by atoms with Crippen LogP contribution in [0, 0.1) is 12.3 Å². The first-order chi connectivity index (χ1) is 18.1. The molecule has 2 unspecified atom stereocenters. The van der Waals surface area contributed by atoms with Crippen LogP contribution in [0.1, 0.15) is 62.2 Å². The Morgan fingerprint density at radius 2 is 1.79 bits per heavy atom. The molecule has 14 heteroatoms. The zero-order chi connectivity index (χ0) is 28.9. The van der Waals surface area contributed by atoms with Crippen molar-refractivity contribution in [2.24, 2.45) is 5.41 Å². The molecule has 0 saturated heterocycles. The van der Waals surface area contributed by atoms with E-state index >= 15 is 0 Å². The maximum Gasteiger partial charge on any atom is 0.433 e. The van der Waals surface area contributed by atoms with Gasteiger partial charge in [-0.15, -0.1) is 11.3 Å². The van der Waals surface area contributed by atoms with Crippen LogP contribution in [0.5, 0.6) is 0 Å². The van der Waals surface area contributed by atoms with E-state index in [-0.39, 0.29) is 38.1 Å². The number of benzene rings is 1. The SMILES string of the molecule is CCC1(CC)CC(O)(c2ncc(-c3cc(C)cc(Nc4nccc(C(F)(F)F)n4)c3)s2)CCC1(O)P(=O)(O)O. The van der Waals surface area contributed by atoms with Crippen LogP contribution in [0.3, 0.4) is 0 Å². The van der Waals surface area contributed by atoms with Crippen LogP contribution < -0.4 is 5.32 Å². The lowest BCUT2D eigenvalue weighted by atomic mass is 9.62. The molecular formula is C25H30F3N4O5PS. The quantitative estimate of drug-likeness (QED) is 0.219. The van der Waals surface area contributed by atoms with Crippen molar-refractivity contribution in [3.63, 3.8) is 0 Å². The molecule has 39 heavy (non-hydrogen) atoms. The van der Waals surface area contributed by atoms with Gasteiger partial charge in [-0.05, 0) is 68.4 Å². The van der Waals surface area contributed by atoms with Gasteiger partial charge in [0.2, 0.25) is 5.95 Å². The van der Waals surface area contributed by atoms with Gasteiger partial charge >= 0.3 is 13.8 Å². The lowest BCUT2D eigenvalue weighted by Crippen LogP contribution is -2.55. The van der Waals surface area contributed by atoms with Gasteiger partial charge in [0, 0.05) is 23.5 Å². The van der Waals surface area contributed by atoms with Gasteiger partial charge < -0.3 is 25.3 Å². The summed E-state index contributed by atoms with van der Waals surface area (Å²) in [4.78, 5) is 32.5. The second-order valence-electron chi connectivity index (χ2n) is 10.1. The van der Waals surface area contributed by atoms with Crippen LogP contribution >= 0.6 is 18.9 Å². The van der Waals surface area contributed by atoms with Crippen LogP contribution in [-0.2, 0) is 16.3 Å². The lowest BCUT2D eigenvalue weighted by Gasteiger charge is -2.54. The van der Waals surface area contributed by atoms with Gasteiger partial charge in [0.15, 0.2) is 5.34 Å². The third kappa shape index (κ3) is 5.48. The summed E-state index contributed by atoms with van der Waals surface area (Å²) >= 11 is 1.21. The Morgan fingerprint density at radius 3 is 2.41 bits per heavy atom. The molecule has 1 saturated carbocycles. The predicted octanol–water partition coefficient (Wildman–Crippen LogP) is 5.72. The Bertz CT molecular complexity index is 1410. The predicted molar refractivity (Wildman–Crippen MR) is 140 cm³/mol. The van der Waals surface area contributed by atoms with E-state index in [0.29, 0.717) is 21.1 Å². The van der Waals surface area contributed by atoms with Crippen LogP contribution in [0.15, 0.2) is 36.7 Å². The monoisotopic (exact) mass is 586 g/mol. The van der Waals surface area contributed by atoms with Crippen molar-refractivity contribution < 1.29 is 37.7 Å². The molecule has 9 nitrogen and oxygen atoms in total. The van der Waals surface area contributed by atoms with Crippen molar-refractivity contribution in [3.8, 4) is 10.4 Å². The summed E-state index contributed by atoms with van der Waals surface area (Å²) in [6.45, 7) is 5.29. The van der Waals surface area contributed by atoms with Gasteiger partial charge in [0.1, 0.15) is 16.3 Å². The Morgan fingerprint density at radius 1 is 1.10 bits per heavy atom. The minimum absolute atomic E-state index is 0.0743. The van der Waals surface area contributed by atoms with Crippen molar-refractivity contribution in [3.05, 3.63) is 52.9 Å². The molecule has 4 rings (SSSR count). The van der Waals surface area contributed by atoms with E-state index < -0.39 is 35.8 Å². The van der Waals surface area contributed by atoms with Gasteiger partial charge in [0.25, 0.3) is 0 Å². The van der Waals surface area contributed by atoms with E-state index in [1.807, 2.05) is 13.0 Å². The zero-order valence-electron chi connectivity index (χ0n) is 21.5. The van der Waals surface area contributed by atoms with Crippen molar-refractivity contribution in [2.75, 3.05) is 5.32 Å². The van der Waals surface area contributed by atoms with Crippen molar-refractivity contribution in [1.29, 1.82) is 0 Å². The van der Waals surface area contributed by atoms with Gasteiger partial charge in [-0.3, -0.25) is 4.57 Å². The Kier molecular flexibility index (Phi) is 7.74. The first-order valence-electron chi connectivity index (χ1n) is 12.3. The Hall–Kier alpha value is -2.41. The van der Waals surface area contributed by atoms with Gasteiger partial charge in [-0.2, -0.15) is 13.2 Å². The van der Waals surface area contributed by atoms with Crippen LogP contribution in [0.25, 0.3) is 10.4 Å². The Balaban J connectivity index is 1.64. The van der Waals surface area contributed by atoms with Crippen molar-refractivity contribution in [2.45, 2.75) is 70.0 Å². The summed E-state index contributed by atoms with van der Waals surface area (Å²) in [5.41, 5.74) is -1.85. The smallest absolute Gasteiger partial charge is 0.383 e. The molecule has 2 aromatic heterocycles. The number of hydrogen-bond donors (Lipinski definition) is 5. The van der Waals surface area contributed by atoms with E-state index in [4.69, 9.17) is 0 Å². The first-order valence-corrected chi connectivity index (χ1v) is 14.7. The average molecular weight is 587 g/mol. The number of nitrogens with zero attached hydrogens (tertiary/aromatic N) is 3. The fourth-order valence-electron chi connectivity index (χ4n) is 5.47. The second-order valence-corrected chi connectivity index (χ2v) is 12.9. The maximum absolute atomic E-state index is 13.0. The van der Waals surface area contributed by atoms with E-state index in [0.717, 1.165) is 17.8 Å². The lowest BCUT2D eigenvalue weighted by molar-refractivity contribution is -0.148. The molecule has 2 heterocycles. The second kappa shape index (κ2) is 10.2. The minimum Gasteiger partial charge on any atom is -0.383 e. The number of aliphatic hydroxyl groups is 2. The highest BCUT2D eigenvalue weighted by molar-refractivity contribution is 7.53. The first kappa shape index (κ1) is 29.6. The topological polar surface area (TPSA) is 149 Å². The van der Waals surface area contributed by atoms with E-state index in [9.17, 15) is 37.7 Å². The molecule has 1 aliphatic carbocycles. The fraction of sp³-hybridized carbons (Fsp3) is 0.480. The van der Waals surface area contributed by atoms with E-state index in [1.54, 1.807) is 32.2 Å². The molecular weight excluding hydrogens is 556 g/mol.